The summed E-state index contributed by atoms with van der Waals surface area (Å²) >= 11 is 12.2. The van der Waals surface area contributed by atoms with Gasteiger partial charge >= 0.3 is 0 Å². The van der Waals surface area contributed by atoms with E-state index in [0.29, 0.717) is 37.4 Å². The van der Waals surface area contributed by atoms with Gasteiger partial charge in [0.2, 0.25) is 5.91 Å². The van der Waals surface area contributed by atoms with Crippen LogP contribution in [-0.2, 0) is 11.3 Å². The fraction of sp³-hybridized carbons (Fsp3) is 0.130. The van der Waals surface area contributed by atoms with Crippen LogP contribution in [0.15, 0.2) is 71.5 Å². The number of carbonyl (C=O) groups is 1. The Bertz CT molecular complexity index is 1240. The van der Waals surface area contributed by atoms with Crippen LogP contribution >= 0.6 is 23.2 Å². The summed E-state index contributed by atoms with van der Waals surface area (Å²) in [5.41, 5.74) is 1.65. The first kappa shape index (κ1) is 20.4. The largest absolute Gasteiger partial charge is 0.386 e. The van der Waals surface area contributed by atoms with Crippen LogP contribution in [0.2, 0.25) is 10.0 Å². The molecule has 1 heterocycles. The van der Waals surface area contributed by atoms with Gasteiger partial charge in [-0.25, -0.2) is 0 Å². The summed E-state index contributed by atoms with van der Waals surface area (Å²) in [4.78, 5) is 25.5. The topological polar surface area (TPSA) is 71.3 Å². The molecule has 0 radical (unpaired) electrons. The van der Waals surface area contributed by atoms with E-state index in [0.717, 1.165) is 0 Å². The Morgan fingerprint density at radius 2 is 1.43 bits per heavy atom. The molecule has 4 aromatic rings. The number of rotatable bonds is 5. The van der Waals surface area contributed by atoms with Gasteiger partial charge in [0.25, 0.3) is 0 Å². The van der Waals surface area contributed by atoms with Crippen molar-refractivity contribution in [1.82, 2.24) is 9.88 Å². The van der Waals surface area contributed by atoms with Crippen LogP contribution in [0.3, 0.4) is 0 Å². The number of para-hydroxylation sites is 2. The number of benzene rings is 3. The summed E-state index contributed by atoms with van der Waals surface area (Å²) < 4.78 is 1.80. The van der Waals surface area contributed by atoms with Crippen molar-refractivity contribution in [2.24, 2.45) is 0 Å². The monoisotopic (exact) mass is 440 g/mol. The number of hydrogen-bond donors (Lipinski definition) is 2. The number of amides is 1. The molecule has 0 unspecified atom stereocenters. The zero-order valence-electron chi connectivity index (χ0n) is 15.8. The van der Waals surface area contributed by atoms with Gasteiger partial charge in [-0.3, -0.25) is 9.59 Å². The number of nitrogens with zero attached hydrogens (tertiary/aromatic N) is 1. The maximum atomic E-state index is 12.8. The van der Waals surface area contributed by atoms with E-state index in [1.807, 2.05) is 24.3 Å². The third-order valence-electron chi connectivity index (χ3n) is 5.01. The second-order valence-electron chi connectivity index (χ2n) is 6.90. The fourth-order valence-corrected chi connectivity index (χ4v) is 4.24. The zero-order chi connectivity index (χ0) is 21.3. The van der Waals surface area contributed by atoms with E-state index in [4.69, 9.17) is 23.2 Å². The first-order valence-electron chi connectivity index (χ1n) is 9.36. The maximum Gasteiger partial charge on any atom is 0.240 e. The third-order valence-corrected chi connectivity index (χ3v) is 5.67. The minimum Gasteiger partial charge on any atom is -0.386 e. The number of carbonyl (C=O) groups excluding carboxylic acids is 1. The van der Waals surface area contributed by atoms with Gasteiger partial charge in [-0.15, -0.1) is 0 Å². The van der Waals surface area contributed by atoms with E-state index in [1.54, 1.807) is 47.0 Å². The summed E-state index contributed by atoms with van der Waals surface area (Å²) in [5.74, 6) is -0.309. The molecular weight excluding hydrogens is 423 g/mol. The molecule has 0 fully saturated rings. The molecule has 3 aromatic carbocycles. The van der Waals surface area contributed by atoms with Gasteiger partial charge in [0.15, 0.2) is 5.43 Å². The van der Waals surface area contributed by atoms with Crippen LogP contribution in [0.5, 0.6) is 0 Å². The average molecular weight is 441 g/mol. The molecule has 152 valence electrons. The van der Waals surface area contributed by atoms with E-state index in [2.05, 4.69) is 5.32 Å². The standard InChI is InChI=1S/C23H18Cl2N2O3/c24-16-8-5-9-17(25)22(16)20(28)12-26-21(29)13-27-18-10-3-1-6-14(18)23(30)15-7-2-4-11-19(15)27/h1-11,20,28H,12-13H2,(H,26,29)/t20-/m0/s1. The minimum atomic E-state index is -1.04. The summed E-state index contributed by atoms with van der Waals surface area (Å²) in [5, 5.41) is 14.9. The minimum absolute atomic E-state index is 0.00964. The molecule has 0 aliphatic rings. The molecule has 0 aliphatic heterocycles. The van der Waals surface area contributed by atoms with Crippen molar-refractivity contribution < 1.29 is 9.90 Å². The Balaban J connectivity index is 1.62. The highest BCUT2D eigenvalue weighted by Crippen LogP contribution is 2.29. The lowest BCUT2D eigenvalue weighted by Crippen LogP contribution is -2.32. The van der Waals surface area contributed by atoms with Gasteiger partial charge in [-0.1, -0.05) is 53.5 Å². The van der Waals surface area contributed by atoms with Crippen LogP contribution in [0.4, 0.5) is 0 Å². The smallest absolute Gasteiger partial charge is 0.240 e. The van der Waals surface area contributed by atoms with Crippen molar-refractivity contribution >= 4 is 50.9 Å². The molecule has 7 heteroatoms. The molecular formula is C23H18Cl2N2O3. The molecule has 0 aliphatic carbocycles. The predicted octanol–water partition coefficient (Wildman–Crippen LogP) is 4.31. The normalized spacial score (nSPS) is 12.2. The van der Waals surface area contributed by atoms with E-state index >= 15 is 0 Å². The number of aliphatic hydroxyl groups is 1. The third kappa shape index (κ3) is 3.79. The molecule has 2 N–H and O–H groups in total. The lowest BCUT2D eigenvalue weighted by atomic mass is 10.1. The first-order valence-corrected chi connectivity index (χ1v) is 10.1. The number of nitrogens with one attached hydrogen (secondary N) is 1. The van der Waals surface area contributed by atoms with E-state index < -0.39 is 6.10 Å². The van der Waals surface area contributed by atoms with E-state index in [1.165, 1.54) is 0 Å². The molecule has 30 heavy (non-hydrogen) atoms. The van der Waals surface area contributed by atoms with Crippen molar-refractivity contribution in [2.75, 3.05) is 6.54 Å². The molecule has 1 atom stereocenters. The number of aromatic nitrogens is 1. The quantitative estimate of drug-likeness (QED) is 0.454. The number of aliphatic hydroxyl groups excluding tert-OH is 1. The predicted molar refractivity (Wildman–Crippen MR) is 120 cm³/mol. The molecule has 0 saturated heterocycles. The van der Waals surface area contributed by atoms with Gasteiger partial charge in [-0.2, -0.15) is 0 Å². The van der Waals surface area contributed by atoms with Crippen LogP contribution < -0.4 is 10.7 Å². The fourth-order valence-electron chi connectivity index (χ4n) is 3.59. The molecule has 0 spiro atoms. The van der Waals surface area contributed by atoms with Crippen molar-refractivity contribution in [3.05, 3.63) is 92.6 Å². The summed E-state index contributed by atoms with van der Waals surface area (Å²) in [6.45, 7) is -0.0529. The second-order valence-corrected chi connectivity index (χ2v) is 7.72. The summed E-state index contributed by atoms with van der Waals surface area (Å²) in [7, 11) is 0. The Hall–Kier alpha value is -2.86. The lowest BCUT2D eigenvalue weighted by Gasteiger charge is -2.17. The first-order chi connectivity index (χ1) is 14.5. The van der Waals surface area contributed by atoms with Crippen LogP contribution in [0.1, 0.15) is 11.7 Å². The Morgan fingerprint density at radius 3 is 2.00 bits per heavy atom. The second kappa shape index (κ2) is 8.48. The van der Waals surface area contributed by atoms with Crippen LogP contribution in [-0.4, -0.2) is 22.1 Å². The van der Waals surface area contributed by atoms with Gasteiger partial charge in [0.1, 0.15) is 6.54 Å². The van der Waals surface area contributed by atoms with Gasteiger partial charge < -0.3 is 15.0 Å². The maximum absolute atomic E-state index is 12.8. The Labute approximate surface area is 182 Å². The Morgan fingerprint density at radius 1 is 0.900 bits per heavy atom. The number of hydrogen-bond acceptors (Lipinski definition) is 3. The van der Waals surface area contributed by atoms with Crippen LogP contribution in [0.25, 0.3) is 21.8 Å². The van der Waals surface area contributed by atoms with Crippen molar-refractivity contribution in [3.63, 3.8) is 0 Å². The zero-order valence-corrected chi connectivity index (χ0v) is 17.3. The molecule has 4 rings (SSSR count). The highest BCUT2D eigenvalue weighted by molar-refractivity contribution is 6.36. The molecule has 0 saturated carbocycles. The van der Waals surface area contributed by atoms with Gasteiger partial charge in [0, 0.05) is 32.9 Å². The van der Waals surface area contributed by atoms with Crippen molar-refractivity contribution in [3.8, 4) is 0 Å². The van der Waals surface area contributed by atoms with E-state index in [9.17, 15) is 14.7 Å². The average Bonchev–Trinajstić information content (AvgIpc) is 2.75. The lowest BCUT2D eigenvalue weighted by molar-refractivity contribution is -0.122. The number of halogens is 2. The summed E-state index contributed by atoms with van der Waals surface area (Å²) in [6.07, 6.45) is -1.04. The summed E-state index contributed by atoms with van der Waals surface area (Å²) in [6, 6.07) is 19.3. The molecule has 0 bridgehead atoms. The SMILES string of the molecule is O=C(Cn1c2ccccc2c(=O)c2ccccc21)NC[C@H](O)c1c(Cl)cccc1Cl. The molecule has 1 amide bonds. The van der Waals surface area contributed by atoms with Crippen LogP contribution in [0, 0.1) is 0 Å². The van der Waals surface area contributed by atoms with E-state index in [-0.39, 0.29) is 24.4 Å². The van der Waals surface area contributed by atoms with Gasteiger partial charge in [0.05, 0.1) is 17.1 Å². The number of fused-ring (bicyclic) bond motifs is 2. The Kier molecular flexibility index (Phi) is 5.77. The number of pyridine rings is 1. The molecule has 5 nitrogen and oxygen atoms in total. The van der Waals surface area contributed by atoms with Gasteiger partial charge in [-0.05, 0) is 36.4 Å². The highest BCUT2D eigenvalue weighted by atomic mass is 35.5. The van der Waals surface area contributed by atoms with Crippen molar-refractivity contribution in [1.29, 1.82) is 0 Å². The molecule has 1 aromatic heterocycles. The highest BCUT2D eigenvalue weighted by Gasteiger charge is 2.17. The van der Waals surface area contributed by atoms with Crippen molar-refractivity contribution in [2.45, 2.75) is 12.6 Å².